The molecule has 0 atom stereocenters. The fourth-order valence-corrected chi connectivity index (χ4v) is 3.89. The van der Waals surface area contributed by atoms with Crippen molar-refractivity contribution in [2.75, 3.05) is 19.7 Å². The van der Waals surface area contributed by atoms with Crippen molar-refractivity contribution in [3.05, 3.63) is 42.0 Å². The Balaban J connectivity index is 2.04. The van der Waals surface area contributed by atoms with E-state index in [1.54, 1.807) is 0 Å². The van der Waals surface area contributed by atoms with Crippen molar-refractivity contribution in [2.24, 2.45) is 0 Å². The first-order chi connectivity index (χ1) is 14.2. The SMILES string of the molecule is CCCCCCCCCOc1ccc(C(=N)N(CCC)CCC)c2ccccc12. The molecule has 0 heterocycles. The Morgan fingerprint density at radius 3 is 2.03 bits per heavy atom. The third-order valence-electron chi connectivity index (χ3n) is 5.45. The molecule has 0 fully saturated rings. The average molecular weight is 397 g/mol. The number of nitrogens with one attached hydrogen (secondary N) is 1. The predicted octanol–water partition coefficient (Wildman–Crippen LogP) is 7.42. The molecular weight excluding hydrogens is 356 g/mol. The van der Waals surface area contributed by atoms with Gasteiger partial charge in [0.2, 0.25) is 0 Å². The topological polar surface area (TPSA) is 36.3 Å². The van der Waals surface area contributed by atoms with Crippen molar-refractivity contribution in [1.29, 1.82) is 5.41 Å². The number of amidine groups is 1. The van der Waals surface area contributed by atoms with Gasteiger partial charge in [-0.05, 0) is 36.8 Å². The fraction of sp³-hybridized carbons (Fsp3) is 0.577. The second-order valence-electron chi connectivity index (χ2n) is 7.96. The lowest BCUT2D eigenvalue weighted by molar-refractivity contribution is 0.307. The van der Waals surface area contributed by atoms with Crippen LogP contribution in [-0.4, -0.2) is 30.4 Å². The van der Waals surface area contributed by atoms with Gasteiger partial charge in [0.1, 0.15) is 11.6 Å². The van der Waals surface area contributed by atoms with Crippen LogP contribution < -0.4 is 4.74 Å². The van der Waals surface area contributed by atoms with E-state index in [0.29, 0.717) is 5.84 Å². The smallest absolute Gasteiger partial charge is 0.128 e. The van der Waals surface area contributed by atoms with Crippen molar-refractivity contribution < 1.29 is 4.74 Å². The van der Waals surface area contributed by atoms with Gasteiger partial charge in [0.15, 0.2) is 0 Å². The van der Waals surface area contributed by atoms with Crippen LogP contribution in [0.4, 0.5) is 0 Å². The summed E-state index contributed by atoms with van der Waals surface area (Å²) in [6, 6.07) is 12.5. The number of fused-ring (bicyclic) bond motifs is 1. The summed E-state index contributed by atoms with van der Waals surface area (Å²) in [6.45, 7) is 9.24. The minimum Gasteiger partial charge on any atom is -0.493 e. The molecule has 0 spiro atoms. The standard InChI is InChI=1S/C26H40N2O/c1-4-7-8-9-10-11-14-21-29-25-18-17-24(22-15-12-13-16-23(22)25)26(27)28(19-5-2)20-6-3/h12-13,15-18,27H,4-11,14,19-21H2,1-3H3. The van der Waals surface area contributed by atoms with Gasteiger partial charge in [-0.1, -0.05) is 83.6 Å². The van der Waals surface area contributed by atoms with Crippen molar-refractivity contribution in [3.63, 3.8) is 0 Å². The van der Waals surface area contributed by atoms with Crippen molar-refractivity contribution in [1.82, 2.24) is 4.90 Å². The van der Waals surface area contributed by atoms with Gasteiger partial charge in [0.05, 0.1) is 6.61 Å². The Labute approximate surface area is 178 Å². The number of benzene rings is 2. The van der Waals surface area contributed by atoms with Gasteiger partial charge >= 0.3 is 0 Å². The maximum absolute atomic E-state index is 8.79. The van der Waals surface area contributed by atoms with E-state index >= 15 is 0 Å². The molecule has 0 unspecified atom stereocenters. The van der Waals surface area contributed by atoms with Gasteiger partial charge < -0.3 is 9.64 Å². The molecule has 0 saturated heterocycles. The molecule has 2 aromatic rings. The van der Waals surface area contributed by atoms with Crippen LogP contribution in [0.1, 0.15) is 84.1 Å². The largest absolute Gasteiger partial charge is 0.493 e. The molecule has 0 saturated carbocycles. The van der Waals surface area contributed by atoms with Crippen LogP contribution in [0.2, 0.25) is 0 Å². The Kier molecular flexibility index (Phi) is 10.6. The first-order valence-corrected chi connectivity index (χ1v) is 11.7. The van der Waals surface area contributed by atoms with Gasteiger partial charge in [-0.3, -0.25) is 5.41 Å². The minimum absolute atomic E-state index is 0.628. The molecule has 160 valence electrons. The number of nitrogens with zero attached hydrogens (tertiary/aromatic N) is 1. The van der Waals surface area contributed by atoms with E-state index in [-0.39, 0.29) is 0 Å². The van der Waals surface area contributed by atoms with E-state index in [1.807, 2.05) is 0 Å². The van der Waals surface area contributed by atoms with Gasteiger partial charge in [0, 0.05) is 24.0 Å². The lowest BCUT2D eigenvalue weighted by Gasteiger charge is -2.25. The van der Waals surface area contributed by atoms with E-state index in [0.717, 1.165) is 61.0 Å². The first-order valence-electron chi connectivity index (χ1n) is 11.7. The summed E-state index contributed by atoms with van der Waals surface area (Å²) in [7, 11) is 0. The molecule has 0 aliphatic carbocycles. The number of rotatable bonds is 14. The van der Waals surface area contributed by atoms with Crippen LogP contribution in [0.15, 0.2) is 36.4 Å². The molecule has 3 nitrogen and oxygen atoms in total. The highest BCUT2D eigenvalue weighted by molar-refractivity contribution is 6.09. The quantitative estimate of drug-likeness (QED) is 0.205. The fourth-order valence-electron chi connectivity index (χ4n) is 3.89. The van der Waals surface area contributed by atoms with Crippen LogP contribution in [0.5, 0.6) is 5.75 Å². The number of hydrogen-bond donors (Lipinski definition) is 1. The molecule has 2 aromatic carbocycles. The monoisotopic (exact) mass is 396 g/mol. The molecule has 0 bridgehead atoms. The highest BCUT2D eigenvalue weighted by atomic mass is 16.5. The Hall–Kier alpha value is -2.03. The van der Waals surface area contributed by atoms with Crippen LogP contribution in [-0.2, 0) is 0 Å². The highest BCUT2D eigenvalue weighted by Crippen LogP contribution is 2.29. The van der Waals surface area contributed by atoms with Crippen molar-refractivity contribution in [3.8, 4) is 5.75 Å². The second-order valence-corrected chi connectivity index (χ2v) is 7.96. The Morgan fingerprint density at radius 1 is 0.759 bits per heavy atom. The third kappa shape index (κ3) is 7.06. The number of ether oxygens (including phenoxy) is 1. The maximum Gasteiger partial charge on any atom is 0.128 e. The summed E-state index contributed by atoms with van der Waals surface area (Å²) in [6.07, 6.45) is 11.1. The molecule has 0 aliphatic rings. The zero-order valence-corrected chi connectivity index (χ0v) is 18.8. The van der Waals surface area contributed by atoms with Crippen LogP contribution in [0.3, 0.4) is 0 Å². The zero-order chi connectivity index (χ0) is 20.9. The Morgan fingerprint density at radius 2 is 1.38 bits per heavy atom. The van der Waals surface area contributed by atoms with E-state index in [2.05, 4.69) is 62.1 Å². The Bertz CT molecular complexity index is 735. The van der Waals surface area contributed by atoms with Crippen molar-refractivity contribution >= 4 is 16.6 Å². The summed E-state index contributed by atoms with van der Waals surface area (Å²) in [4.78, 5) is 2.20. The van der Waals surface area contributed by atoms with Crippen LogP contribution in [0.25, 0.3) is 10.8 Å². The normalized spacial score (nSPS) is 11.0. The molecule has 0 radical (unpaired) electrons. The molecule has 3 heteroatoms. The molecule has 2 rings (SSSR count). The lowest BCUT2D eigenvalue weighted by atomic mass is 10.0. The van der Waals surface area contributed by atoms with E-state index in [1.165, 1.54) is 38.5 Å². The highest BCUT2D eigenvalue weighted by Gasteiger charge is 2.15. The average Bonchev–Trinajstić information content (AvgIpc) is 2.75. The van der Waals surface area contributed by atoms with Crippen LogP contribution in [0, 0.1) is 5.41 Å². The second kappa shape index (κ2) is 13.2. The minimum atomic E-state index is 0.628. The van der Waals surface area contributed by atoms with Crippen molar-refractivity contribution in [2.45, 2.75) is 78.6 Å². The third-order valence-corrected chi connectivity index (χ3v) is 5.45. The molecule has 0 aliphatic heterocycles. The summed E-state index contributed by atoms with van der Waals surface area (Å²) in [5.74, 6) is 1.57. The maximum atomic E-state index is 8.79. The lowest BCUT2D eigenvalue weighted by Crippen LogP contribution is -2.32. The first kappa shape index (κ1) is 23.3. The van der Waals surface area contributed by atoms with Gasteiger partial charge in [0.25, 0.3) is 0 Å². The van der Waals surface area contributed by atoms with Gasteiger partial charge in [-0.2, -0.15) is 0 Å². The summed E-state index contributed by atoms with van der Waals surface area (Å²) in [5, 5.41) is 11.0. The van der Waals surface area contributed by atoms with Crippen LogP contribution >= 0.6 is 0 Å². The summed E-state index contributed by atoms with van der Waals surface area (Å²) < 4.78 is 6.15. The van der Waals surface area contributed by atoms with E-state index in [9.17, 15) is 0 Å². The molecule has 0 aromatic heterocycles. The predicted molar refractivity (Wildman–Crippen MR) is 126 cm³/mol. The summed E-state index contributed by atoms with van der Waals surface area (Å²) in [5.41, 5.74) is 1.01. The zero-order valence-electron chi connectivity index (χ0n) is 18.8. The van der Waals surface area contributed by atoms with Gasteiger partial charge in [-0.25, -0.2) is 0 Å². The van der Waals surface area contributed by atoms with Gasteiger partial charge in [-0.15, -0.1) is 0 Å². The molecule has 1 N–H and O–H groups in total. The number of unbranched alkanes of at least 4 members (excludes halogenated alkanes) is 6. The molecule has 29 heavy (non-hydrogen) atoms. The summed E-state index contributed by atoms with van der Waals surface area (Å²) >= 11 is 0. The van der Waals surface area contributed by atoms with E-state index < -0.39 is 0 Å². The molecular formula is C26H40N2O. The van der Waals surface area contributed by atoms with E-state index in [4.69, 9.17) is 10.1 Å². The number of hydrogen-bond acceptors (Lipinski definition) is 2. The molecule has 0 amide bonds.